The van der Waals surface area contributed by atoms with E-state index in [1.54, 1.807) is 21.0 Å². The number of urea groups is 1. The van der Waals surface area contributed by atoms with Crippen LogP contribution < -0.4 is 10.1 Å². The van der Waals surface area contributed by atoms with Crippen LogP contribution in [0.1, 0.15) is 17.3 Å². The molecule has 0 atom stereocenters. The van der Waals surface area contributed by atoms with Crippen LogP contribution in [-0.4, -0.2) is 47.1 Å². The summed E-state index contributed by atoms with van der Waals surface area (Å²) >= 11 is 0.858. The number of nitrogens with one attached hydrogen (secondary N) is 1. The van der Waals surface area contributed by atoms with Crippen LogP contribution in [-0.2, 0) is 0 Å². The summed E-state index contributed by atoms with van der Waals surface area (Å²) in [5.41, 5.74) is 0.588. The number of hydrogen-bond donors (Lipinski definition) is 2. The van der Waals surface area contributed by atoms with E-state index in [2.05, 4.69) is 16.3 Å². The normalized spacial score (nSPS) is 9.84. The number of nitrogens with zero attached hydrogens (tertiary/aromatic N) is 2. The van der Waals surface area contributed by atoms with Gasteiger partial charge in [-0.1, -0.05) is 6.58 Å². The molecule has 1 aromatic rings. The molecule has 2 N–H and O–H groups in total. The number of aromatic nitrogens is 1. The molecule has 0 saturated carbocycles. The number of carboxylic acid groups (broad SMARTS) is 1. The van der Waals surface area contributed by atoms with Gasteiger partial charge in [-0.3, -0.25) is 5.32 Å². The van der Waals surface area contributed by atoms with Gasteiger partial charge in [0.15, 0.2) is 5.56 Å². The molecule has 104 valence electrons. The molecule has 2 amide bonds. The molecule has 7 nitrogen and oxygen atoms in total. The number of anilines is 1. The lowest BCUT2D eigenvalue weighted by Crippen LogP contribution is -2.27. The summed E-state index contributed by atoms with van der Waals surface area (Å²) in [6.45, 7) is 5.57. The lowest BCUT2D eigenvalue weighted by atomic mass is 10.3. The number of hydrogen-bond acceptors (Lipinski definition) is 5. The molecule has 0 saturated heterocycles. The van der Waals surface area contributed by atoms with E-state index in [0.717, 1.165) is 17.1 Å². The van der Waals surface area contributed by atoms with E-state index in [9.17, 15) is 9.59 Å². The number of rotatable bonds is 5. The number of amides is 2. The summed E-state index contributed by atoms with van der Waals surface area (Å²) in [4.78, 5) is 24.0. The van der Waals surface area contributed by atoms with E-state index in [-0.39, 0.29) is 23.1 Å². The molecule has 19 heavy (non-hydrogen) atoms. The highest BCUT2D eigenvalue weighted by Crippen LogP contribution is 2.30. The maximum Gasteiger partial charge on any atom is 0.344 e. The van der Waals surface area contributed by atoms with E-state index in [1.165, 1.54) is 4.90 Å². The molecule has 0 aliphatic heterocycles. The number of carbonyl (C=O) groups excluding carboxylic acids is 1. The maximum absolute atomic E-state index is 11.5. The summed E-state index contributed by atoms with van der Waals surface area (Å²) in [5.74, 6) is -1.23. The fourth-order valence-corrected chi connectivity index (χ4v) is 1.77. The summed E-state index contributed by atoms with van der Waals surface area (Å²) in [6.07, 6.45) is 0. The first-order valence-corrected chi connectivity index (χ1v) is 6.08. The first-order chi connectivity index (χ1) is 8.82. The highest BCUT2D eigenvalue weighted by Gasteiger charge is 2.23. The Morgan fingerprint density at radius 2 is 2.16 bits per heavy atom. The Kier molecular flexibility index (Phi) is 4.87. The van der Waals surface area contributed by atoms with Crippen molar-refractivity contribution in [2.75, 3.05) is 26.0 Å². The predicted octanol–water partition coefficient (Wildman–Crippen LogP) is 1.89. The first-order valence-electron chi connectivity index (χ1n) is 5.31. The fourth-order valence-electron chi connectivity index (χ4n) is 1.05. The molecule has 1 rings (SSSR count). The highest BCUT2D eigenvalue weighted by molar-refractivity contribution is 7.11. The summed E-state index contributed by atoms with van der Waals surface area (Å²) < 4.78 is 9.12. The summed E-state index contributed by atoms with van der Waals surface area (Å²) in [7, 11) is 3.10. The van der Waals surface area contributed by atoms with Gasteiger partial charge in [-0.05, 0) is 24.0 Å². The average molecular weight is 285 g/mol. The second-order valence-electron chi connectivity index (χ2n) is 4.07. The molecule has 0 aliphatic rings. The van der Waals surface area contributed by atoms with Gasteiger partial charge in [-0.15, -0.1) is 0 Å². The van der Waals surface area contributed by atoms with Gasteiger partial charge in [0.1, 0.15) is 11.6 Å². The molecule has 0 aliphatic carbocycles. The zero-order valence-electron chi connectivity index (χ0n) is 10.9. The largest absolute Gasteiger partial charge is 0.477 e. The quantitative estimate of drug-likeness (QED) is 0.806. The fraction of sp³-hybridized carbons (Fsp3) is 0.364. The molecule has 0 aromatic carbocycles. The predicted molar refractivity (Wildman–Crippen MR) is 72.1 cm³/mol. The van der Waals surface area contributed by atoms with E-state index >= 15 is 0 Å². The Balaban J connectivity index is 2.96. The smallest absolute Gasteiger partial charge is 0.344 e. The van der Waals surface area contributed by atoms with Crippen LogP contribution >= 0.6 is 11.5 Å². The van der Waals surface area contributed by atoms with Crippen LogP contribution in [0.5, 0.6) is 5.88 Å². The number of carbonyl (C=O) groups is 2. The SMILES string of the molecule is C=C(C)COc1nsc(NC(=O)N(C)C)c1C(=O)O. The van der Waals surface area contributed by atoms with Crippen LogP contribution in [0, 0.1) is 0 Å². The van der Waals surface area contributed by atoms with Gasteiger partial charge in [0.2, 0.25) is 5.88 Å². The minimum absolute atomic E-state index is 0.0189. The Hall–Kier alpha value is -2.09. The van der Waals surface area contributed by atoms with Gasteiger partial charge in [-0.2, -0.15) is 4.37 Å². The number of ether oxygens (including phenoxy) is 1. The van der Waals surface area contributed by atoms with Crippen molar-refractivity contribution in [1.82, 2.24) is 9.27 Å². The third-order valence-corrected chi connectivity index (χ3v) is 2.70. The van der Waals surface area contributed by atoms with Crippen molar-refractivity contribution in [2.24, 2.45) is 0 Å². The second-order valence-corrected chi connectivity index (χ2v) is 4.84. The molecule has 1 heterocycles. The number of carboxylic acids is 1. The highest BCUT2D eigenvalue weighted by atomic mass is 32.1. The average Bonchev–Trinajstić information content (AvgIpc) is 2.69. The van der Waals surface area contributed by atoms with Gasteiger partial charge in [-0.25, -0.2) is 9.59 Å². The first kappa shape index (κ1) is 15.0. The molecule has 0 fully saturated rings. The minimum atomic E-state index is -1.21. The second kappa shape index (κ2) is 6.19. The maximum atomic E-state index is 11.5. The molecule has 0 spiro atoms. The molecule has 8 heteroatoms. The van der Waals surface area contributed by atoms with Gasteiger partial charge >= 0.3 is 12.0 Å². The zero-order valence-corrected chi connectivity index (χ0v) is 11.7. The lowest BCUT2D eigenvalue weighted by molar-refractivity contribution is 0.0694. The van der Waals surface area contributed by atoms with Crippen molar-refractivity contribution in [3.63, 3.8) is 0 Å². The molecule has 0 radical (unpaired) electrons. The van der Waals surface area contributed by atoms with Crippen molar-refractivity contribution < 1.29 is 19.4 Å². The van der Waals surface area contributed by atoms with Crippen LogP contribution in [0.25, 0.3) is 0 Å². The van der Waals surface area contributed by atoms with E-state index in [4.69, 9.17) is 9.84 Å². The molecule has 1 aromatic heterocycles. The monoisotopic (exact) mass is 285 g/mol. The van der Waals surface area contributed by atoms with Gasteiger partial charge in [0.25, 0.3) is 0 Å². The summed E-state index contributed by atoms with van der Waals surface area (Å²) in [5, 5.41) is 11.8. The number of aromatic carboxylic acids is 1. The Labute approximate surface area is 114 Å². The Morgan fingerprint density at radius 1 is 1.53 bits per heavy atom. The van der Waals surface area contributed by atoms with Crippen molar-refractivity contribution in [1.29, 1.82) is 0 Å². The van der Waals surface area contributed by atoms with Crippen molar-refractivity contribution in [3.8, 4) is 5.88 Å². The Bertz CT molecular complexity index is 510. The third-order valence-electron chi connectivity index (χ3n) is 1.96. The topological polar surface area (TPSA) is 91.8 Å². The molecule has 0 bridgehead atoms. The minimum Gasteiger partial charge on any atom is -0.477 e. The van der Waals surface area contributed by atoms with Crippen LogP contribution in [0.3, 0.4) is 0 Å². The van der Waals surface area contributed by atoms with E-state index in [0.29, 0.717) is 0 Å². The van der Waals surface area contributed by atoms with Gasteiger partial charge in [0.05, 0.1) is 0 Å². The lowest BCUT2D eigenvalue weighted by Gasteiger charge is -2.10. The van der Waals surface area contributed by atoms with Crippen LogP contribution in [0.4, 0.5) is 9.80 Å². The summed E-state index contributed by atoms with van der Waals surface area (Å²) in [6, 6.07) is -0.433. The van der Waals surface area contributed by atoms with Gasteiger partial charge in [0, 0.05) is 14.1 Å². The Morgan fingerprint density at radius 3 is 2.63 bits per heavy atom. The van der Waals surface area contributed by atoms with E-state index in [1.807, 2.05) is 0 Å². The van der Waals surface area contributed by atoms with Crippen molar-refractivity contribution >= 4 is 28.5 Å². The molecule has 0 unspecified atom stereocenters. The van der Waals surface area contributed by atoms with Crippen LogP contribution in [0.2, 0.25) is 0 Å². The molecular weight excluding hydrogens is 270 g/mol. The standard InChI is InChI=1S/C11H15N3O4S/c1-6(2)5-18-8-7(10(15)16)9(19-13-8)12-11(17)14(3)4/h1,5H2,2-4H3,(H,12,17)(H,15,16). The molecular formula is C11H15N3O4S. The van der Waals surface area contributed by atoms with Crippen molar-refractivity contribution in [2.45, 2.75) is 6.92 Å². The van der Waals surface area contributed by atoms with Crippen molar-refractivity contribution in [3.05, 3.63) is 17.7 Å². The van der Waals surface area contributed by atoms with Crippen LogP contribution in [0.15, 0.2) is 12.2 Å². The zero-order chi connectivity index (χ0) is 14.6. The van der Waals surface area contributed by atoms with E-state index < -0.39 is 12.0 Å². The third kappa shape index (κ3) is 3.95. The van der Waals surface area contributed by atoms with Gasteiger partial charge < -0.3 is 14.7 Å².